The molecule has 0 spiro atoms. The monoisotopic (exact) mass is 329 g/mol. The van der Waals surface area contributed by atoms with E-state index in [0.29, 0.717) is 10.7 Å². The summed E-state index contributed by atoms with van der Waals surface area (Å²) >= 11 is 5.22. The van der Waals surface area contributed by atoms with Crippen LogP contribution in [0.5, 0.6) is 0 Å². The number of hydrogen-bond donors (Lipinski definition) is 4. The first-order valence-electron chi connectivity index (χ1n) is 7.22. The summed E-state index contributed by atoms with van der Waals surface area (Å²) in [7, 11) is 0. The van der Waals surface area contributed by atoms with Crippen molar-refractivity contribution in [2.75, 3.05) is 0 Å². The maximum Gasteiger partial charge on any atom is 0.314 e. The molecule has 23 heavy (non-hydrogen) atoms. The fourth-order valence-electron chi connectivity index (χ4n) is 2.16. The number of hydrazine groups is 1. The van der Waals surface area contributed by atoms with Gasteiger partial charge in [0.15, 0.2) is 5.11 Å². The van der Waals surface area contributed by atoms with Crippen molar-refractivity contribution >= 4 is 23.3 Å². The van der Waals surface area contributed by atoms with Gasteiger partial charge in [-0.15, -0.1) is 0 Å². The van der Waals surface area contributed by atoms with Crippen molar-refractivity contribution < 1.29 is 9.90 Å². The van der Waals surface area contributed by atoms with Crippen molar-refractivity contribution in [1.82, 2.24) is 16.2 Å². The number of carboxylic acid groups (broad SMARTS) is 1. The molecule has 2 atom stereocenters. The smallest absolute Gasteiger partial charge is 0.314 e. The number of carboxylic acids is 1. The van der Waals surface area contributed by atoms with Gasteiger partial charge in [-0.05, 0) is 30.3 Å². The maximum atomic E-state index is 11.2. The van der Waals surface area contributed by atoms with E-state index in [2.05, 4.69) is 16.2 Å². The van der Waals surface area contributed by atoms with E-state index < -0.39 is 11.9 Å². The number of rotatable bonds is 5. The molecule has 0 bridgehead atoms. The third-order valence-electron chi connectivity index (χ3n) is 3.40. The van der Waals surface area contributed by atoms with Crippen LogP contribution in [0.2, 0.25) is 0 Å². The van der Waals surface area contributed by atoms with Gasteiger partial charge in [-0.25, -0.2) is 0 Å². The predicted octanol–water partition coefficient (Wildman–Crippen LogP) is 2.43. The average molecular weight is 329 g/mol. The minimum absolute atomic E-state index is 0.0648. The second-order valence-electron chi connectivity index (χ2n) is 5.08. The van der Waals surface area contributed by atoms with Gasteiger partial charge in [-0.2, -0.15) is 0 Å². The van der Waals surface area contributed by atoms with Crippen LogP contribution in [0, 0.1) is 5.92 Å². The molecular weight excluding hydrogens is 310 g/mol. The molecule has 4 N–H and O–H groups in total. The third kappa shape index (κ3) is 4.96. The fraction of sp³-hybridized carbons (Fsp3) is 0.176. The molecule has 0 aromatic heterocycles. The molecule has 1 aromatic carbocycles. The number of aliphatic carboxylic acids is 1. The Hall–Kier alpha value is -2.60. The number of thiocarbonyl (C=S) groups is 1. The Morgan fingerprint density at radius 2 is 2.04 bits per heavy atom. The second kappa shape index (κ2) is 8.14. The van der Waals surface area contributed by atoms with Crippen molar-refractivity contribution in [2.45, 2.75) is 13.0 Å². The lowest BCUT2D eigenvalue weighted by Crippen LogP contribution is -2.42. The molecule has 1 aliphatic rings. The van der Waals surface area contributed by atoms with Crippen molar-refractivity contribution in [2.24, 2.45) is 5.92 Å². The van der Waals surface area contributed by atoms with Gasteiger partial charge < -0.3 is 15.8 Å². The first-order valence-corrected chi connectivity index (χ1v) is 7.63. The van der Waals surface area contributed by atoms with Gasteiger partial charge in [0.2, 0.25) is 0 Å². The summed E-state index contributed by atoms with van der Waals surface area (Å²) in [4.78, 5) is 11.2. The third-order valence-corrected chi connectivity index (χ3v) is 3.62. The molecule has 0 saturated heterocycles. The predicted molar refractivity (Wildman–Crippen MR) is 94.4 cm³/mol. The highest BCUT2D eigenvalue weighted by atomic mass is 32.1. The van der Waals surface area contributed by atoms with E-state index in [4.69, 9.17) is 17.3 Å². The number of hydrogen-bond acceptors (Lipinski definition) is 3. The second-order valence-corrected chi connectivity index (χ2v) is 5.49. The summed E-state index contributed by atoms with van der Waals surface area (Å²) in [5.41, 5.74) is 7.44. The molecule has 1 aliphatic carbocycles. The molecule has 0 radical (unpaired) electrons. The Balaban J connectivity index is 1.85. The van der Waals surface area contributed by atoms with E-state index in [0.717, 1.165) is 5.56 Å². The molecule has 0 fully saturated rings. The molecule has 1 unspecified atom stereocenters. The molecule has 120 valence electrons. The fourth-order valence-corrected chi connectivity index (χ4v) is 2.40. The van der Waals surface area contributed by atoms with Gasteiger partial charge in [-0.3, -0.25) is 10.2 Å². The van der Waals surface area contributed by atoms with Crippen molar-refractivity contribution in [3.63, 3.8) is 0 Å². The van der Waals surface area contributed by atoms with Crippen LogP contribution in [-0.2, 0) is 4.79 Å². The van der Waals surface area contributed by atoms with Crippen LogP contribution in [0.4, 0.5) is 0 Å². The van der Waals surface area contributed by atoms with E-state index in [1.807, 2.05) is 37.3 Å². The molecule has 0 aliphatic heterocycles. The van der Waals surface area contributed by atoms with Gasteiger partial charge in [0.1, 0.15) is 5.92 Å². The topological polar surface area (TPSA) is 73.4 Å². The summed E-state index contributed by atoms with van der Waals surface area (Å²) in [6.45, 7) is 2.01. The van der Waals surface area contributed by atoms with E-state index in [1.54, 1.807) is 30.5 Å². The molecule has 0 amide bonds. The molecule has 0 heterocycles. The Labute approximate surface area is 140 Å². The number of carbonyl (C=O) groups is 1. The molecule has 0 saturated carbocycles. The zero-order valence-electron chi connectivity index (χ0n) is 12.7. The Morgan fingerprint density at radius 3 is 2.74 bits per heavy atom. The quantitative estimate of drug-likeness (QED) is 0.491. The van der Waals surface area contributed by atoms with E-state index in [1.165, 1.54) is 0 Å². The highest BCUT2D eigenvalue weighted by molar-refractivity contribution is 7.80. The minimum Gasteiger partial charge on any atom is -0.481 e. The van der Waals surface area contributed by atoms with Gasteiger partial charge >= 0.3 is 5.97 Å². The first-order chi connectivity index (χ1) is 11.1. The molecule has 5 nitrogen and oxygen atoms in total. The number of allylic oxidation sites excluding steroid dienone is 3. The number of benzene rings is 1. The van der Waals surface area contributed by atoms with Crippen molar-refractivity contribution in [1.29, 1.82) is 0 Å². The lowest BCUT2D eigenvalue weighted by molar-refractivity contribution is -0.138. The van der Waals surface area contributed by atoms with Gasteiger partial charge in [-0.1, -0.05) is 54.6 Å². The molecule has 6 heteroatoms. The maximum absolute atomic E-state index is 11.2. The molecule has 1 aromatic rings. The van der Waals surface area contributed by atoms with Crippen molar-refractivity contribution in [3.05, 3.63) is 72.0 Å². The first kappa shape index (κ1) is 16.8. The standard InChI is InChI=1S/C17H19N3O2S/c1-12(13-7-3-2-4-8-13)19-17(23)20-18-11-14-9-5-6-10-15(14)16(21)22/h2-12,15,18H,1H3,(H,21,22)(H2,19,20,23)/b14-11+/t12-,15?/m1/s1. The average Bonchev–Trinajstić information content (AvgIpc) is 2.56. The Bertz CT molecular complexity index is 653. The van der Waals surface area contributed by atoms with E-state index in [9.17, 15) is 4.79 Å². The highest BCUT2D eigenvalue weighted by Gasteiger charge is 2.18. The molecular formula is C17H19N3O2S. The molecule has 2 rings (SSSR count). The summed E-state index contributed by atoms with van der Waals surface area (Å²) in [5.74, 6) is -1.55. The SMILES string of the molecule is C[C@@H](NC(=S)NN/C=C1\C=CC=CC1C(=O)O)c1ccccc1. The normalized spacial score (nSPS) is 19.2. The van der Waals surface area contributed by atoms with Crippen LogP contribution >= 0.6 is 12.2 Å². The van der Waals surface area contributed by atoms with Crippen LogP contribution in [0.3, 0.4) is 0 Å². The van der Waals surface area contributed by atoms with Crippen LogP contribution in [0.15, 0.2) is 66.4 Å². The summed E-state index contributed by atoms with van der Waals surface area (Å²) in [5, 5.41) is 12.7. The zero-order valence-corrected chi connectivity index (χ0v) is 13.5. The highest BCUT2D eigenvalue weighted by Crippen LogP contribution is 2.18. The Kier molecular flexibility index (Phi) is 5.94. The van der Waals surface area contributed by atoms with Gasteiger partial charge in [0, 0.05) is 6.20 Å². The van der Waals surface area contributed by atoms with Crippen LogP contribution < -0.4 is 16.2 Å². The summed E-state index contributed by atoms with van der Waals surface area (Å²) < 4.78 is 0. The van der Waals surface area contributed by atoms with Crippen molar-refractivity contribution in [3.8, 4) is 0 Å². The lowest BCUT2D eigenvalue weighted by atomic mass is 9.96. The lowest BCUT2D eigenvalue weighted by Gasteiger charge is -2.18. The largest absolute Gasteiger partial charge is 0.481 e. The van der Waals surface area contributed by atoms with E-state index >= 15 is 0 Å². The van der Waals surface area contributed by atoms with Gasteiger partial charge in [0.25, 0.3) is 0 Å². The Morgan fingerprint density at radius 1 is 1.30 bits per heavy atom. The minimum atomic E-state index is -0.892. The summed E-state index contributed by atoms with van der Waals surface area (Å²) in [6.07, 6.45) is 8.48. The van der Waals surface area contributed by atoms with Gasteiger partial charge in [0.05, 0.1) is 6.04 Å². The van der Waals surface area contributed by atoms with Crippen LogP contribution in [0.1, 0.15) is 18.5 Å². The van der Waals surface area contributed by atoms with E-state index in [-0.39, 0.29) is 6.04 Å². The van der Waals surface area contributed by atoms with Crippen LogP contribution in [-0.4, -0.2) is 16.2 Å². The summed E-state index contributed by atoms with van der Waals surface area (Å²) in [6, 6.07) is 10.0. The van der Waals surface area contributed by atoms with Crippen LogP contribution in [0.25, 0.3) is 0 Å². The number of nitrogens with one attached hydrogen (secondary N) is 3. The zero-order chi connectivity index (χ0) is 16.7.